The van der Waals surface area contributed by atoms with Crippen molar-refractivity contribution in [2.45, 2.75) is 85.3 Å². The van der Waals surface area contributed by atoms with Crippen LogP contribution < -0.4 is 0 Å². The van der Waals surface area contributed by atoms with Crippen LogP contribution in [0.4, 0.5) is 0 Å². The Kier molecular flexibility index (Phi) is 10.6. The minimum absolute atomic E-state index is 0.262. The van der Waals surface area contributed by atoms with Crippen LogP contribution in [0.5, 0.6) is 0 Å². The Labute approximate surface area is 159 Å². The lowest BCUT2D eigenvalue weighted by molar-refractivity contribution is -0.117. The second-order valence-electron chi connectivity index (χ2n) is 6.75. The van der Waals surface area contributed by atoms with Gasteiger partial charge in [-0.25, -0.2) is 0 Å². The number of halogens is 1. The van der Waals surface area contributed by atoms with Crippen molar-refractivity contribution in [2.75, 3.05) is 19.7 Å². The van der Waals surface area contributed by atoms with Gasteiger partial charge in [0.15, 0.2) is 0 Å². The van der Waals surface area contributed by atoms with Gasteiger partial charge in [0, 0.05) is 24.0 Å². The summed E-state index contributed by atoms with van der Waals surface area (Å²) in [7, 11) is 0. The molecule has 0 bridgehead atoms. The maximum absolute atomic E-state index is 11.6. The van der Waals surface area contributed by atoms with E-state index in [-0.39, 0.29) is 6.10 Å². The molecule has 25 heavy (non-hydrogen) atoms. The largest absolute Gasteiger partial charge is 0.376 e. The highest BCUT2D eigenvalue weighted by atomic mass is 35.5. The molecule has 0 spiro atoms. The van der Waals surface area contributed by atoms with Crippen LogP contribution in [-0.4, -0.2) is 42.5 Å². The van der Waals surface area contributed by atoms with Crippen LogP contribution in [-0.2, 0) is 9.53 Å². The average Bonchev–Trinajstić information content (AvgIpc) is 3.06. The molecule has 0 amide bonds. The van der Waals surface area contributed by atoms with Gasteiger partial charge in [-0.1, -0.05) is 49.9 Å². The number of likely N-dealkylation sites (tertiary alicyclic amines) is 1. The predicted octanol–water partition coefficient (Wildman–Crippen LogP) is 5.48. The third-order valence-corrected chi connectivity index (χ3v) is 5.43. The summed E-state index contributed by atoms with van der Waals surface area (Å²) in [5, 5.41) is 0.856. The molecule has 3 nitrogen and oxygen atoms in total. The molecule has 2 aliphatic rings. The molecule has 2 unspecified atom stereocenters. The molecule has 1 heterocycles. The van der Waals surface area contributed by atoms with Gasteiger partial charge in [-0.3, -0.25) is 9.69 Å². The monoisotopic (exact) mass is 369 g/mol. The molecule has 0 aromatic carbocycles. The summed E-state index contributed by atoms with van der Waals surface area (Å²) < 4.78 is 6.25. The number of rotatable bonds is 6. The normalized spacial score (nSPS) is 26.2. The lowest BCUT2D eigenvalue weighted by atomic mass is 9.91. The van der Waals surface area contributed by atoms with Gasteiger partial charge >= 0.3 is 0 Å². The number of ketones is 1. The first kappa shape index (κ1) is 22.4. The van der Waals surface area contributed by atoms with Crippen LogP contribution in [0.3, 0.4) is 0 Å². The highest BCUT2D eigenvalue weighted by Gasteiger charge is 2.34. The van der Waals surface area contributed by atoms with Gasteiger partial charge in [0.2, 0.25) is 0 Å². The fraction of sp³-hybridized carbons (Fsp3) is 0.762. The fourth-order valence-electron chi connectivity index (χ4n) is 3.75. The first-order valence-corrected chi connectivity index (χ1v) is 10.3. The number of allylic oxidation sites excluding steroid dienone is 3. The van der Waals surface area contributed by atoms with Crippen LogP contribution in [0.2, 0.25) is 0 Å². The molecule has 2 rings (SSSR count). The van der Waals surface area contributed by atoms with Gasteiger partial charge in [0.25, 0.3) is 0 Å². The van der Waals surface area contributed by atoms with Crippen molar-refractivity contribution in [3.63, 3.8) is 0 Å². The molecule has 2 fully saturated rings. The molecule has 1 saturated heterocycles. The summed E-state index contributed by atoms with van der Waals surface area (Å²) in [5.74, 6) is 0.376. The van der Waals surface area contributed by atoms with E-state index in [4.69, 9.17) is 16.3 Å². The molecule has 1 aliphatic heterocycles. The third kappa shape index (κ3) is 6.88. The van der Waals surface area contributed by atoms with E-state index in [1.807, 2.05) is 27.7 Å². The zero-order valence-electron chi connectivity index (χ0n) is 16.7. The van der Waals surface area contributed by atoms with E-state index < -0.39 is 0 Å². The summed E-state index contributed by atoms with van der Waals surface area (Å²) in [5.41, 5.74) is 2.42. The van der Waals surface area contributed by atoms with E-state index in [0.29, 0.717) is 31.4 Å². The Morgan fingerprint density at radius 1 is 1.28 bits per heavy atom. The first-order valence-electron chi connectivity index (χ1n) is 9.88. The molecule has 0 aromatic rings. The number of carbonyl (C=O) groups excluding carboxylic acids is 1. The smallest absolute Gasteiger partial charge is 0.148 e. The zero-order chi connectivity index (χ0) is 18.8. The molecule has 144 valence electrons. The van der Waals surface area contributed by atoms with E-state index in [1.165, 1.54) is 24.0 Å². The van der Waals surface area contributed by atoms with Crippen LogP contribution in [0.25, 0.3) is 0 Å². The molecular weight excluding hydrogens is 334 g/mol. The zero-order valence-corrected chi connectivity index (χ0v) is 17.5. The van der Waals surface area contributed by atoms with E-state index in [1.54, 1.807) is 0 Å². The Hall–Kier alpha value is -0.640. The Bertz CT molecular complexity index is 480. The molecule has 4 heteroatoms. The van der Waals surface area contributed by atoms with Crippen molar-refractivity contribution in [3.8, 4) is 0 Å². The molecule has 0 aromatic heterocycles. The fourth-order valence-corrected chi connectivity index (χ4v) is 4.00. The maximum Gasteiger partial charge on any atom is 0.148 e. The number of carbonyl (C=O) groups is 1. The van der Waals surface area contributed by atoms with Crippen molar-refractivity contribution >= 4 is 17.4 Å². The topological polar surface area (TPSA) is 29.5 Å². The van der Waals surface area contributed by atoms with Gasteiger partial charge in [-0.2, -0.15) is 0 Å². The summed E-state index contributed by atoms with van der Waals surface area (Å²) in [6, 6.07) is 0.419. The van der Waals surface area contributed by atoms with Crippen LogP contribution in [0.1, 0.15) is 73.1 Å². The third-order valence-electron chi connectivity index (χ3n) is 5.20. The Morgan fingerprint density at radius 2 is 1.96 bits per heavy atom. The van der Waals surface area contributed by atoms with Gasteiger partial charge in [-0.15, -0.1) is 0 Å². The number of hydrogen-bond donors (Lipinski definition) is 0. The van der Waals surface area contributed by atoms with Crippen molar-refractivity contribution in [3.05, 3.63) is 22.3 Å². The standard InChI is InChI=1S/C19H30ClNO2.C2H6/c1-4-14(2)17(15(3)20)10-12-23-19-8-6-5-7-18(19)21-11-9-16(22)13-21;1-2/h4,18-19H,5-13H2,1-3H3;1-2H3/b14-4-,17-15+;. The first-order chi connectivity index (χ1) is 12.0. The van der Waals surface area contributed by atoms with Crippen LogP contribution in [0, 0.1) is 0 Å². The van der Waals surface area contributed by atoms with Gasteiger partial charge in [-0.05, 0) is 45.6 Å². The SMILES string of the molecule is C/C=C(C)\C(CCOC1CCCCC1N1CCC(=O)C1)=C(/C)Cl.CC. The minimum Gasteiger partial charge on any atom is -0.376 e. The Balaban J connectivity index is 0.00000151. The van der Waals surface area contributed by atoms with E-state index >= 15 is 0 Å². The number of Topliss-reactive ketones (excluding diaryl/α,β-unsaturated/α-hetero) is 1. The Morgan fingerprint density at radius 3 is 2.52 bits per heavy atom. The lowest BCUT2D eigenvalue weighted by Gasteiger charge is -2.37. The number of ether oxygens (including phenoxy) is 1. The highest BCUT2D eigenvalue weighted by Crippen LogP contribution is 2.28. The van der Waals surface area contributed by atoms with E-state index in [9.17, 15) is 4.79 Å². The second kappa shape index (κ2) is 11.9. The van der Waals surface area contributed by atoms with Crippen LogP contribution >= 0.6 is 11.6 Å². The molecular formula is C21H36ClNO2. The van der Waals surface area contributed by atoms with E-state index in [2.05, 4.69) is 17.9 Å². The number of hydrogen-bond acceptors (Lipinski definition) is 3. The lowest BCUT2D eigenvalue weighted by Crippen LogP contribution is -2.45. The molecule has 0 N–H and O–H groups in total. The summed E-state index contributed by atoms with van der Waals surface area (Å²) in [4.78, 5) is 13.9. The van der Waals surface area contributed by atoms with Crippen LogP contribution in [0.15, 0.2) is 22.3 Å². The maximum atomic E-state index is 11.6. The van der Waals surface area contributed by atoms with E-state index in [0.717, 1.165) is 30.8 Å². The summed E-state index contributed by atoms with van der Waals surface area (Å²) in [6.45, 7) is 12.3. The van der Waals surface area contributed by atoms with Crippen molar-refractivity contribution in [2.24, 2.45) is 0 Å². The molecule has 0 radical (unpaired) electrons. The highest BCUT2D eigenvalue weighted by molar-refractivity contribution is 6.29. The van der Waals surface area contributed by atoms with Gasteiger partial charge in [0.05, 0.1) is 19.3 Å². The van der Waals surface area contributed by atoms with Crippen molar-refractivity contribution in [1.29, 1.82) is 0 Å². The minimum atomic E-state index is 0.262. The van der Waals surface area contributed by atoms with Gasteiger partial charge in [0.1, 0.15) is 5.78 Å². The average molecular weight is 370 g/mol. The quantitative estimate of drug-likeness (QED) is 0.580. The molecule has 1 saturated carbocycles. The summed E-state index contributed by atoms with van der Waals surface area (Å²) in [6.07, 6.45) is 8.67. The number of nitrogens with zero attached hydrogens (tertiary/aromatic N) is 1. The van der Waals surface area contributed by atoms with Crippen molar-refractivity contribution in [1.82, 2.24) is 4.90 Å². The van der Waals surface area contributed by atoms with Crippen molar-refractivity contribution < 1.29 is 9.53 Å². The van der Waals surface area contributed by atoms with Gasteiger partial charge < -0.3 is 4.74 Å². The molecule has 2 atom stereocenters. The second-order valence-corrected chi connectivity index (χ2v) is 7.32. The molecule has 1 aliphatic carbocycles. The summed E-state index contributed by atoms with van der Waals surface area (Å²) >= 11 is 6.22. The predicted molar refractivity (Wildman–Crippen MR) is 107 cm³/mol.